The molecule has 0 aromatic heterocycles. The SMILES string of the molecule is CNC(=O)c1ccc2c(c1)C(=O)c1ccc(Cl)cc1CC2. The Balaban J connectivity index is 2.13. The first-order valence-corrected chi connectivity index (χ1v) is 7.16. The molecule has 0 unspecified atom stereocenters. The van der Waals surface area contributed by atoms with E-state index in [0.717, 1.165) is 24.0 Å². The van der Waals surface area contributed by atoms with Crippen LogP contribution in [0.4, 0.5) is 0 Å². The Kier molecular flexibility index (Phi) is 3.52. The van der Waals surface area contributed by atoms with Gasteiger partial charge in [-0.2, -0.15) is 0 Å². The predicted octanol–water partition coefficient (Wildman–Crippen LogP) is 3.03. The summed E-state index contributed by atoms with van der Waals surface area (Å²) in [6.45, 7) is 0. The van der Waals surface area contributed by atoms with Gasteiger partial charge in [-0.1, -0.05) is 17.7 Å². The third-order valence-electron chi connectivity index (χ3n) is 3.82. The van der Waals surface area contributed by atoms with Crippen molar-refractivity contribution >= 4 is 23.3 Å². The predicted molar refractivity (Wildman–Crippen MR) is 82.1 cm³/mol. The first kappa shape index (κ1) is 13.8. The Hall–Kier alpha value is -2.13. The number of fused-ring (bicyclic) bond motifs is 2. The topological polar surface area (TPSA) is 46.2 Å². The zero-order chi connectivity index (χ0) is 15.0. The van der Waals surface area contributed by atoms with Gasteiger partial charge in [-0.3, -0.25) is 9.59 Å². The summed E-state index contributed by atoms with van der Waals surface area (Å²) in [6, 6.07) is 10.6. The van der Waals surface area contributed by atoms with E-state index in [1.165, 1.54) is 0 Å². The molecule has 4 heteroatoms. The number of amides is 1. The number of carbonyl (C=O) groups excluding carboxylic acids is 2. The lowest BCUT2D eigenvalue weighted by atomic mass is 9.97. The third kappa shape index (κ3) is 2.45. The van der Waals surface area contributed by atoms with Crippen molar-refractivity contribution in [2.75, 3.05) is 7.05 Å². The van der Waals surface area contributed by atoms with Gasteiger partial charge in [-0.15, -0.1) is 0 Å². The smallest absolute Gasteiger partial charge is 0.251 e. The van der Waals surface area contributed by atoms with Crippen molar-refractivity contribution in [1.29, 1.82) is 0 Å². The number of ketones is 1. The Labute approximate surface area is 127 Å². The zero-order valence-electron chi connectivity index (χ0n) is 11.6. The molecule has 21 heavy (non-hydrogen) atoms. The quantitative estimate of drug-likeness (QED) is 0.880. The maximum atomic E-state index is 12.7. The monoisotopic (exact) mass is 299 g/mol. The highest BCUT2D eigenvalue weighted by molar-refractivity contribution is 6.30. The summed E-state index contributed by atoms with van der Waals surface area (Å²) in [5, 5.41) is 3.22. The van der Waals surface area contributed by atoms with Crippen molar-refractivity contribution in [1.82, 2.24) is 5.32 Å². The van der Waals surface area contributed by atoms with Crippen LogP contribution in [-0.2, 0) is 12.8 Å². The largest absolute Gasteiger partial charge is 0.355 e. The minimum Gasteiger partial charge on any atom is -0.355 e. The average Bonchev–Trinajstić information content (AvgIpc) is 2.63. The summed E-state index contributed by atoms with van der Waals surface area (Å²) in [5.41, 5.74) is 3.72. The Morgan fingerprint density at radius 1 is 1.05 bits per heavy atom. The second kappa shape index (κ2) is 5.34. The molecule has 0 aliphatic heterocycles. The van der Waals surface area contributed by atoms with E-state index in [9.17, 15) is 9.59 Å². The standard InChI is InChI=1S/C17H14ClNO2/c1-19-17(21)12-5-3-10-2-4-11-8-13(18)6-7-14(11)16(20)15(10)9-12/h3,5-9H,2,4H2,1H3,(H,19,21). The molecule has 0 radical (unpaired) electrons. The number of hydrogen-bond donors (Lipinski definition) is 1. The highest BCUT2D eigenvalue weighted by Gasteiger charge is 2.22. The molecule has 1 aliphatic rings. The Bertz CT molecular complexity index is 752. The van der Waals surface area contributed by atoms with Crippen molar-refractivity contribution in [3.63, 3.8) is 0 Å². The molecule has 106 valence electrons. The van der Waals surface area contributed by atoms with E-state index < -0.39 is 0 Å². The van der Waals surface area contributed by atoms with Crippen LogP contribution in [0.1, 0.15) is 37.4 Å². The molecule has 0 saturated carbocycles. The summed E-state index contributed by atoms with van der Waals surface area (Å²) in [5.74, 6) is -0.230. The second-order valence-corrected chi connectivity index (χ2v) is 5.52. The lowest BCUT2D eigenvalue weighted by molar-refractivity contribution is 0.0963. The van der Waals surface area contributed by atoms with E-state index in [1.807, 2.05) is 12.1 Å². The number of halogens is 1. The Morgan fingerprint density at radius 3 is 2.57 bits per heavy atom. The number of aryl methyl sites for hydroxylation is 2. The average molecular weight is 300 g/mol. The van der Waals surface area contributed by atoms with Gasteiger partial charge >= 0.3 is 0 Å². The molecule has 0 spiro atoms. The first-order valence-electron chi connectivity index (χ1n) is 6.78. The van der Waals surface area contributed by atoms with Crippen LogP contribution >= 0.6 is 11.6 Å². The van der Waals surface area contributed by atoms with Crippen LogP contribution in [0.15, 0.2) is 36.4 Å². The van der Waals surface area contributed by atoms with Gasteiger partial charge in [0.25, 0.3) is 5.91 Å². The number of carbonyl (C=O) groups is 2. The van der Waals surface area contributed by atoms with Gasteiger partial charge in [0.15, 0.2) is 5.78 Å². The van der Waals surface area contributed by atoms with Crippen LogP contribution in [0, 0.1) is 0 Å². The third-order valence-corrected chi connectivity index (χ3v) is 4.05. The van der Waals surface area contributed by atoms with Crippen molar-refractivity contribution in [2.45, 2.75) is 12.8 Å². The molecule has 1 amide bonds. The van der Waals surface area contributed by atoms with Crippen molar-refractivity contribution < 1.29 is 9.59 Å². The summed E-state index contributed by atoms with van der Waals surface area (Å²) in [4.78, 5) is 24.5. The summed E-state index contributed by atoms with van der Waals surface area (Å²) in [7, 11) is 1.58. The van der Waals surface area contributed by atoms with E-state index >= 15 is 0 Å². The molecular weight excluding hydrogens is 286 g/mol. The van der Waals surface area contributed by atoms with Crippen molar-refractivity contribution in [3.8, 4) is 0 Å². The highest BCUT2D eigenvalue weighted by atomic mass is 35.5. The van der Waals surface area contributed by atoms with E-state index in [2.05, 4.69) is 5.32 Å². The van der Waals surface area contributed by atoms with Crippen LogP contribution in [0.3, 0.4) is 0 Å². The van der Waals surface area contributed by atoms with Gasteiger partial charge in [-0.05, 0) is 54.3 Å². The lowest BCUT2D eigenvalue weighted by Gasteiger charge is -2.08. The highest BCUT2D eigenvalue weighted by Crippen LogP contribution is 2.27. The molecule has 0 bridgehead atoms. The minimum atomic E-state index is -0.189. The van der Waals surface area contributed by atoms with Crippen LogP contribution in [0.25, 0.3) is 0 Å². The maximum Gasteiger partial charge on any atom is 0.251 e. The Morgan fingerprint density at radius 2 is 1.81 bits per heavy atom. The molecule has 0 saturated heterocycles. The van der Waals surface area contributed by atoms with E-state index in [0.29, 0.717) is 21.7 Å². The van der Waals surface area contributed by atoms with Gasteiger partial charge in [0, 0.05) is 28.8 Å². The summed E-state index contributed by atoms with van der Waals surface area (Å²) in [6.07, 6.45) is 1.54. The zero-order valence-corrected chi connectivity index (χ0v) is 12.3. The molecule has 2 aromatic rings. The normalized spacial score (nSPS) is 13.1. The van der Waals surface area contributed by atoms with Crippen molar-refractivity contribution in [3.05, 3.63) is 69.2 Å². The molecular formula is C17H14ClNO2. The minimum absolute atomic E-state index is 0.0417. The molecule has 1 aliphatic carbocycles. The number of benzene rings is 2. The molecule has 0 atom stereocenters. The maximum absolute atomic E-state index is 12.7. The van der Waals surface area contributed by atoms with Gasteiger partial charge in [-0.25, -0.2) is 0 Å². The summed E-state index contributed by atoms with van der Waals surface area (Å²) < 4.78 is 0. The van der Waals surface area contributed by atoms with Gasteiger partial charge < -0.3 is 5.32 Å². The fourth-order valence-corrected chi connectivity index (χ4v) is 2.89. The van der Waals surface area contributed by atoms with E-state index in [4.69, 9.17) is 11.6 Å². The first-order chi connectivity index (χ1) is 10.1. The van der Waals surface area contributed by atoms with Crippen LogP contribution in [-0.4, -0.2) is 18.7 Å². The second-order valence-electron chi connectivity index (χ2n) is 5.08. The molecule has 3 nitrogen and oxygen atoms in total. The molecule has 0 heterocycles. The lowest BCUT2D eigenvalue weighted by Crippen LogP contribution is -2.18. The number of hydrogen-bond acceptors (Lipinski definition) is 2. The van der Waals surface area contributed by atoms with Crippen LogP contribution < -0.4 is 5.32 Å². The molecule has 0 fully saturated rings. The van der Waals surface area contributed by atoms with Gasteiger partial charge in [0.1, 0.15) is 0 Å². The molecule has 1 N–H and O–H groups in total. The number of nitrogens with one attached hydrogen (secondary N) is 1. The fraction of sp³-hybridized carbons (Fsp3) is 0.176. The van der Waals surface area contributed by atoms with Gasteiger partial charge in [0.2, 0.25) is 0 Å². The molecule has 3 rings (SSSR count). The molecule has 2 aromatic carbocycles. The van der Waals surface area contributed by atoms with Crippen molar-refractivity contribution in [2.24, 2.45) is 0 Å². The van der Waals surface area contributed by atoms with E-state index in [-0.39, 0.29) is 11.7 Å². The fourth-order valence-electron chi connectivity index (χ4n) is 2.70. The van der Waals surface area contributed by atoms with Crippen LogP contribution in [0.2, 0.25) is 5.02 Å². The van der Waals surface area contributed by atoms with Crippen LogP contribution in [0.5, 0.6) is 0 Å². The summed E-state index contributed by atoms with van der Waals surface area (Å²) >= 11 is 6.01. The van der Waals surface area contributed by atoms with Gasteiger partial charge in [0.05, 0.1) is 0 Å². The van der Waals surface area contributed by atoms with E-state index in [1.54, 1.807) is 31.3 Å². The number of rotatable bonds is 1.